The molecule has 17 heavy (non-hydrogen) atoms. The van der Waals surface area contributed by atoms with E-state index in [1.807, 2.05) is 45.9 Å². The Kier molecular flexibility index (Phi) is 4.69. The van der Waals surface area contributed by atoms with Gasteiger partial charge in [0.15, 0.2) is 6.61 Å². The summed E-state index contributed by atoms with van der Waals surface area (Å²) in [4.78, 5) is 11.4. The van der Waals surface area contributed by atoms with Gasteiger partial charge in [-0.25, -0.2) is 5.43 Å². The lowest BCUT2D eigenvalue weighted by Gasteiger charge is -2.08. The Morgan fingerprint density at radius 3 is 2.71 bits per heavy atom. The highest BCUT2D eigenvalue weighted by atomic mass is 16.5. The number of nitrogens with zero attached hydrogens (tertiary/aromatic N) is 1. The molecule has 92 valence electrons. The summed E-state index contributed by atoms with van der Waals surface area (Å²) < 4.78 is 5.43. The first kappa shape index (κ1) is 13.2. The summed E-state index contributed by atoms with van der Waals surface area (Å²) >= 11 is 0. The number of carbonyl (C=O) groups is 1. The average molecular weight is 234 g/mol. The molecule has 0 spiro atoms. The topological polar surface area (TPSA) is 50.7 Å². The zero-order chi connectivity index (χ0) is 12.8. The van der Waals surface area contributed by atoms with Crippen LogP contribution in [-0.4, -0.2) is 18.2 Å². The van der Waals surface area contributed by atoms with Gasteiger partial charge in [-0.3, -0.25) is 4.79 Å². The van der Waals surface area contributed by atoms with E-state index in [0.29, 0.717) is 0 Å². The molecular weight excluding hydrogens is 216 g/mol. The van der Waals surface area contributed by atoms with Crippen molar-refractivity contribution >= 4 is 11.6 Å². The number of nitrogens with one attached hydrogen (secondary N) is 1. The van der Waals surface area contributed by atoms with E-state index in [1.54, 1.807) is 0 Å². The van der Waals surface area contributed by atoms with Crippen LogP contribution in [0.1, 0.15) is 25.0 Å². The van der Waals surface area contributed by atoms with Crippen LogP contribution in [0.4, 0.5) is 0 Å². The largest absolute Gasteiger partial charge is 0.483 e. The van der Waals surface area contributed by atoms with Gasteiger partial charge in [0.05, 0.1) is 0 Å². The third-order valence-electron chi connectivity index (χ3n) is 2.11. The lowest BCUT2D eigenvalue weighted by atomic mass is 10.1. The number of carbonyl (C=O) groups excluding carboxylic acids is 1. The summed E-state index contributed by atoms with van der Waals surface area (Å²) in [7, 11) is 0. The summed E-state index contributed by atoms with van der Waals surface area (Å²) in [6, 6.07) is 5.89. The Morgan fingerprint density at radius 2 is 2.06 bits per heavy atom. The van der Waals surface area contributed by atoms with Crippen LogP contribution in [0.15, 0.2) is 23.3 Å². The number of rotatable bonds is 4. The molecule has 1 N–H and O–H groups in total. The lowest BCUT2D eigenvalue weighted by molar-refractivity contribution is -0.123. The van der Waals surface area contributed by atoms with Crippen molar-refractivity contribution in [1.29, 1.82) is 0 Å². The molecule has 0 bridgehead atoms. The van der Waals surface area contributed by atoms with Crippen molar-refractivity contribution < 1.29 is 9.53 Å². The van der Waals surface area contributed by atoms with Gasteiger partial charge >= 0.3 is 0 Å². The van der Waals surface area contributed by atoms with E-state index >= 15 is 0 Å². The zero-order valence-electron chi connectivity index (χ0n) is 10.7. The Morgan fingerprint density at radius 1 is 1.35 bits per heavy atom. The first-order valence-corrected chi connectivity index (χ1v) is 5.49. The second-order valence-corrected chi connectivity index (χ2v) is 4.15. The number of ether oxygens (including phenoxy) is 1. The highest BCUT2D eigenvalue weighted by Crippen LogP contribution is 2.18. The van der Waals surface area contributed by atoms with Gasteiger partial charge in [0.1, 0.15) is 5.75 Å². The number of hydrazone groups is 1. The lowest BCUT2D eigenvalue weighted by Crippen LogP contribution is -2.25. The molecule has 4 heteroatoms. The molecule has 0 aliphatic heterocycles. The number of hydrogen-bond acceptors (Lipinski definition) is 3. The Balaban J connectivity index is 2.53. The van der Waals surface area contributed by atoms with Crippen LogP contribution in [0, 0.1) is 13.8 Å². The van der Waals surface area contributed by atoms with Crippen LogP contribution in [0.3, 0.4) is 0 Å². The number of hydrogen-bond donors (Lipinski definition) is 1. The fourth-order valence-electron chi connectivity index (χ4n) is 1.21. The first-order chi connectivity index (χ1) is 7.99. The standard InChI is InChI=1S/C13H18N2O2/c1-9(2)14-15-13(16)8-17-12-7-10(3)5-6-11(12)4/h5-7H,8H2,1-4H3,(H,15,16). The van der Waals surface area contributed by atoms with Crippen LogP contribution >= 0.6 is 0 Å². The molecule has 4 nitrogen and oxygen atoms in total. The van der Waals surface area contributed by atoms with Crippen molar-refractivity contribution in [1.82, 2.24) is 5.43 Å². The Bertz CT molecular complexity index is 435. The highest BCUT2D eigenvalue weighted by molar-refractivity contribution is 5.83. The second kappa shape index (κ2) is 6.03. The average Bonchev–Trinajstić information content (AvgIpc) is 2.27. The monoisotopic (exact) mass is 234 g/mol. The maximum Gasteiger partial charge on any atom is 0.277 e. The third-order valence-corrected chi connectivity index (χ3v) is 2.11. The fraction of sp³-hybridized carbons (Fsp3) is 0.385. The van der Waals surface area contributed by atoms with Crippen LogP contribution in [0.5, 0.6) is 5.75 Å². The van der Waals surface area contributed by atoms with Crippen molar-refractivity contribution in [3.63, 3.8) is 0 Å². The SMILES string of the molecule is CC(C)=NNC(=O)COc1cc(C)ccc1C. The van der Waals surface area contributed by atoms with E-state index in [9.17, 15) is 4.79 Å². The summed E-state index contributed by atoms with van der Waals surface area (Å²) in [6.45, 7) is 7.52. The van der Waals surface area contributed by atoms with E-state index in [-0.39, 0.29) is 12.5 Å². The molecule has 0 radical (unpaired) electrons. The number of amides is 1. The number of aryl methyl sites for hydroxylation is 2. The number of benzene rings is 1. The Hall–Kier alpha value is -1.84. The van der Waals surface area contributed by atoms with Crippen molar-refractivity contribution in [3.8, 4) is 5.75 Å². The van der Waals surface area contributed by atoms with Crippen molar-refractivity contribution in [2.24, 2.45) is 5.10 Å². The summed E-state index contributed by atoms with van der Waals surface area (Å²) in [5.41, 5.74) is 5.32. The van der Waals surface area contributed by atoms with Gasteiger partial charge in [-0.1, -0.05) is 12.1 Å². The van der Waals surface area contributed by atoms with E-state index < -0.39 is 0 Å². The van der Waals surface area contributed by atoms with E-state index in [2.05, 4.69) is 10.5 Å². The van der Waals surface area contributed by atoms with Crippen molar-refractivity contribution in [2.75, 3.05) is 6.61 Å². The summed E-state index contributed by atoms with van der Waals surface area (Å²) in [5.74, 6) is 0.476. The molecule has 1 aromatic rings. The summed E-state index contributed by atoms with van der Waals surface area (Å²) in [6.07, 6.45) is 0. The predicted molar refractivity (Wildman–Crippen MR) is 68.3 cm³/mol. The zero-order valence-corrected chi connectivity index (χ0v) is 10.7. The smallest absolute Gasteiger partial charge is 0.277 e. The molecule has 1 amide bonds. The van der Waals surface area contributed by atoms with E-state index in [0.717, 1.165) is 22.6 Å². The van der Waals surface area contributed by atoms with E-state index in [4.69, 9.17) is 4.74 Å². The molecule has 0 atom stereocenters. The molecule has 0 saturated heterocycles. The predicted octanol–water partition coefficient (Wildman–Crippen LogP) is 2.19. The highest BCUT2D eigenvalue weighted by Gasteiger charge is 2.04. The summed E-state index contributed by atoms with van der Waals surface area (Å²) in [5, 5.41) is 3.81. The molecule has 0 aliphatic carbocycles. The van der Waals surface area contributed by atoms with Crippen LogP contribution in [0.2, 0.25) is 0 Å². The maximum atomic E-state index is 11.4. The quantitative estimate of drug-likeness (QED) is 0.641. The first-order valence-electron chi connectivity index (χ1n) is 5.49. The van der Waals surface area contributed by atoms with Crippen molar-refractivity contribution in [2.45, 2.75) is 27.7 Å². The minimum Gasteiger partial charge on any atom is -0.483 e. The van der Waals surface area contributed by atoms with Gasteiger partial charge in [-0.2, -0.15) is 5.10 Å². The molecule has 0 aromatic heterocycles. The van der Waals surface area contributed by atoms with Crippen LogP contribution in [0.25, 0.3) is 0 Å². The second-order valence-electron chi connectivity index (χ2n) is 4.15. The van der Waals surface area contributed by atoms with Gasteiger partial charge in [0, 0.05) is 5.71 Å². The van der Waals surface area contributed by atoms with Gasteiger partial charge in [-0.15, -0.1) is 0 Å². The van der Waals surface area contributed by atoms with Gasteiger partial charge < -0.3 is 4.74 Å². The van der Waals surface area contributed by atoms with Crippen LogP contribution in [-0.2, 0) is 4.79 Å². The molecule has 1 aromatic carbocycles. The molecule has 1 rings (SSSR count). The minimum atomic E-state index is -0.257. The third kappa shape index (κ3) is 4.68. The molecule has 0 saturated carbocycles. The molecule has 0 fully saturated rings. The molecule has 0 heterocycles. The van der Waals surface area contributed by atoms with Crippen molar-refractivity contribution in [3.05, 3.63) is 29.3 Å². The van der Waals surface area contributed by atoms with Gasteiger partial charge in [-0.05, 0) is 44.9 Å². The molecule has 0 aliphatic rings. The fourth-order valence-corrected chi connectivity index (χ4v) is 1.21. The van der Waals surface area contributed by atoms with Gasteiger partial charge in [0.25, 0.3) is 5.91 Å². The molecule has 0 unspecified atom stereocenters. The molecular formula is C13H18N2O2. The van der Waals surface area contributed by atoms with E-state index in [1.165, 1.54) is 0 Å². The normalized spacial score (nSPS) is 9.65. The van der Waals surface area contributed by atoms with Gasteiger partial charge in [0.2, 0.25) is 0 Å². The van der Waals surface area contributed by atoms with Crippen LogP contribution < -0.4 is 10.2 Å². The Labute approximate surface area is 102 Å². The minimum absolute atomic E-state index is 0.0267. The maximum absolute atomic E-state index is 11.4.